The molecule has 0 aliphatic heterocycles. The van der Waals surface area contributed by atoms with Crippen molar-refractivity contribution >= 4 is 11.6 Å². The van der Waals surface area contributed by atoms with Gasteiger partial charge in [0, 0.05) is 25.2 Å². The SMILES string of the molecule is CN(C)CC(C)(O)CNC/C=C/Cl. The molecule has 0 spiro atoms. The third-order valence-corrected chi connectivity index (χ3v) is 1.69. The molecule has 78 valence electrons. The molecule has 0 heterocycles. The number of likely N-dealkylation sites (N-methyl/N-ethyl adjacent to an activating group) is 1. The molecule has 0 amide bonds. The minimum absolute atomic E-state index is 0.562. The second-order valence-electron chi connectivity index (χ2n) is 3.73. The van der Waals surface area contributed by atoms with Crippen LogP contribution in [0.2, 0.25) is 0 Å². The Morgan fingerprint density at radius 1 is 1.54 bits per heavy atom. The van der Waals surface area contributed by atoms with Gasteiger partial charge in [0.15, 0.2) is 0 Å². The maximum Gasteiger partial charge on any atom is 0.0869 e. The third kappa shape index (κ3) is 8.25. The number of halogens is 1. The van der Waals surface area contributed by atoms with E-state index >= 15 is 0 Å². The molecule has 0 bridgehead atoms. The van der Waals surface area contributed by atoms with E-state index in [-0.39, 0.29) is 0 Å². The normalized spacial score (nSPS) is 16.8. The predicted molar refractivity (Wildman–Crippen MR) is 57.0 cm³/mol. The highest BCUT2D eigenvalue weighted by Gasteiger charge is 2.19. The minimum atomic E-state index is -0.691. The summed E-state index contributed by atoms with van der Waals surface area (Å²) in [6.45, 7) is 3.70. The van der Waals surface area contributed by atoms with E-state index in [1.807, 2.05) is 25.9 Å². The number of aliphatic hydroxyl groups is 1. The van der Waals surface area contributed by atoms with E-state index in [2.05, 4.69) is 5.32 Å². The van der Waals surface area contributed by atoms with Crippen molar-refractivity contribution in [2.24, 2.45) is 0 Å². The number of rotatable bonds is 6. The van der Waals surface area contributed by atoms with E-state index in [1.54, 1.807) is 6.08 Å². The molecule has 4 heteroatoms. The Kier molecular flexibility index (Phi) is 6.33. The van der Waals surface area contributed by atoms with Gasteiger partial charge in [-0.15, -0.1) is 0 Å². The van der Waals surface area contributed by atoms with Crippen molar-refractivity contribution < 1.29 is 5.11 Å². The summed E-state index contributed by atoms with van der Waals surface area (Å²) < 4.78 is 0. The highest BCUT2D eigenvalue weighted by molar-refractivity contribution is 6.25. The fourth-order valence-electron chi connectivity index (χ4n) is 1.21. The van der Waals surface area contributed by atoms with E-state index in [4.69, 9.17) is 11.6 Å². The van der Waals surface area contributed by atoms with Gasteiger partial charge in [0.05, 0.1) is 5.60 Å². The summed E-state index contributed by atoms with van der Waals surface area (Å²) >= 11 is 5.34. The molecular formula is C9H19ClN2O. The van der Waals surface area contributed by atoms with Gasteiger partial charge in [-0.2, -0.15) is 0 Å². The molecule has 2 N–H and O–H groups in total. The van der Waals surface area contributed by atoms with E-state index in [0.29, 0.717) is 19.6 Å². The summed E-state index contributed by atoms with van der Waals surface area (Å²) in [5.74, 6) is 0. The van der Waals surface area contributed by atoms with Crippen molar-refractivity contribution in [1.82, 2.24) is 10.2 Å². The molecule has 0 saturated heterocycles. The van der Waals surface area contributed by atoms with Gasteiger partial charge in [0.2, 0.25) is 0 Å². The number of nitrogens with one attached hydrogen (secondary N) is 1. The second kappa shape index (κ2) is 6.38. The zero-order valence-electron chi connectivity index (χ0n) is 8.55. The van der Waals surface area contributed by atoms with Crippen LogP contribution in [0, 0.1) is 0 Å². The van der Waals surface area contributed by atoms with Crippen LogP contribution in [0.1, 0.15) is 6.92 Å². The van der Waals surface area contributed by atoms with E-state index in [9.17, 15) is 5.11 Å². The topological polar surface area (TPSA) is 35.5 Å². The lowest BCUT2D eigenvalue weighted by Gasteiger charge is -2.26. The summed E-state index contributed by atoms with van der Waals surface area (Å²) in [6.07, 6.45) is 1.80. The first-order valence-corrected chi connectivity index (χ1v) is 4.74. The van der Waals surface area contributed by atoms with Crippen LogP contribution < -0.4 is 5.32 Å². The van der Waals surface area contributed by atoms with Gasteiger partial charge >= 0.3 is 0 Å². The predicted octanol–water partition coefficient (Wildman–Crippen LogP) is 0.641. The van der Waals surface area contributed by atoms with Gasteiger partial charge < -0.3 is 15.3 Å². The van der Waals surface area contributed by atoms with E-state index in [1.165, 1.54) is 5.54 Å². The third-order valence-electron chi connectivity index (χ3n) is 1.51. The molecule has 0 aliphatic rings. The summed E-state index contributed by atoms with van der Waals surface area (Å²) in [5.41, 5.74) is 0.775. The molecule has 1 unspecified atom stereocenters. The fourth-order valence-corrected chi connectivity index (χ4v) is 1.30. The van der Waals surface area contributed by atoms with Crippen LogP contribution >= 0.6 is 11.6 Å². The smallest absolute Gasteiger partial charge is 0.0869 e. The molecule has 0 aromatic carbocycles. The lowest BCUT2D eigenvalue weighted by atomic mass is 10.1. The standard InChI is InChI=1S/C9H19ClN2O/c1-9(13,8-12(2)3)7-11-6-4-5-10/h4-5,11,13H,6-8H2,1-3H3/b5-4+. The van der Waals surface area contributed by atoms with Crippen molar-refractivity contribution in [3.05, 3.63) is 11.6 Å². The molecule has 0 aromatic heterocycles. The molecule has 0 aliphatic carbocycles. The maximum absolute atomic E-state index is 9.82. The molecule has 3 nitrogen and oxygen atoms in total. The zero-order chi connectivity index (χ0) is 10.3. The number of hydrogen-bond acceptors (Lipinski definition) is 3. The quantitative estimate of drug-likeness (QED) is 0.627. The molecule has 0 fully saturated rings. The Morgan fingerprint density at radius 2 is 2.15 bits per heavy atom. The number of hydrogen-bond donors (Lipinski definition) is 2. The summed E-state index contributed by atoms with van der Waals surface area (Å²) in [7, 11) is 3.88. The summed E-state index contributed by atoms with van der Waals surface area (Å²) in [5, 5.41) is 12.9. The van der Waals surface area contributed by atoms with Crippen LogP contribution in [-0.2, 0) is 0 Å². The van der Waals surface area contributed by atoms with Crippen LogP contribution in [0.4, 0.5) is 0 Å². The van der Waals surface area contributed by atoms with Crippen LogP contribution in [0.5, 0.6) is 0 Å². The lowest BCUT2D eigenvalue weighted by Crippen LogP contribution is -2.45. The highest BCUT2D eigenvalue weighted by Crippen LogP contribution is 2.01. The Balaban J connectivity index is 3.62. The van der Waals surface area contributed by atoms with Crippen LogP contribution in [0.15, 0.2) is 11.6 Å². The first-order valence-electron chi connectivity index (χ1n) is 4.31. The highest BCUT2D eigenvalue weighted by atomic mass is 35.5. The first kappa shape index (κ1) is 12.9. The molecule has 13 heavy (non-hydrogen) atoms. The van der Waals surface area contributed by atoms with E-state index < -0.39 is 5.60 Å². The van der Waals surface area contributed by atoms with Gasteiger partial charge in [-0.25, -0.2) is 0 Å². The van der Waals surface area contributed by atoms with Crippen LogP contribution in [0.3, 0.4) is 0 Å². The fraction of sp³-hybridized carbons (Fsp3) is 0.778. The number of nitrogens with zero attached hydrogens (tertiary/aromatic N) is 1. The molecule has 0 radical (unpaired) electrons. The van der Waals surface area contributed by atoms with Crippen LogP contribution in [-0.4, -0.2) is 49.3 Å². The van der Waals surface area contributed by atoms with Crippen molar-refractivity contribution in [3.8, 4) is 0 Å². The Bertz CT molecular complexity index is 158. The van der Waals surface area contributed by atoms with Gasteiger partial charge in [-0.05, 0) is 21.0 Å². The molecular weight excluding hydrogens is 188 g/mol. The van der Waals surface area contributed by atoms with Gasteiger partial charge in [-0.3, -0.25) is 0 Å². The zero-order valence-corrected chi connectivity index (χ0v) is 9.30. The van der Waals surface area contributed by atoms with Crippen molar-refractivity contribution in [2.75, 3.05) is 33.7 Å². The average Bonchev–Trinajstić information content (AvgIpc) is 1.95. The van der Waals surface area contributed by atoms with Crippen molar-refractivity contribution in [1.29, 1.82) is 0 Å². The lowest BCUT2D eigenvalue weighted by molar-refractivity contribution is 0.0347. The van der Waals surface area contributed by atoms with Crippen LogP contribution in [0.25, 0.3) is 0 Å². The molecule has 1 atom stereocenters. The van der Waals surface area contributed by atoms with E-state index in [0.717, 1.165) is 0 Å². The van der Waals surface area contributed by atoms with Gasteiger partial charge in [0.1, 0.15) is 0 Å². The van der Waals surface area contributed by atoms with Crippen molar-refractivity contribution in [3.63, 3.8) is 0 Å². The Labute approximate surface area is 85.4 Å². The van der Waals surface area contributed by atoms with Gasteiger partial charge in [-0.1, -0.05) is 17.7 Å². The summed E-state index contributed by atoms with van der Waals surface area (Å²) in [6, 6.07) is 0. The Morgan fingerprint density at radius 3 is 2.62 bits per heavy atom. The average molecular weight is 207 g/mol. The Hall–Kier alpha value is -0.0900. The minimum Gasteiger partial charge on any atom is -0.388 e. The molecule has 0 saturated carbocycles. The first-order chi connectivity index (χ1) is 5.98. The molecule has 0 rings (SSSR count). The summed E-state index contributed by atoms with van der Waals surface area (Å²) in [4.78, 5) is 1.96. The largest absolute Gasteiger partial charge is 0.388 e. The molecule has 0 aromatic rings. The maximum atomic E-state index is 9.82. The van der Waals surface area contributed by atoms with Crippen molar-refractivity contribution in [2.45, 2.75) is 12.5 Å². The second-order valence-corrected chi connectivity index (χ2v) is 3.98. The van der Waals surface area contributed by atoms with Gasteiger partial charge in [0.25, 0.3) is 0 Å². The monoisotopic (exact) mass is 206 g/mol.